The van der Waals surface area contributed by atoms with E-state index in [4.69, 9.17) is 14.2 Å². The van der Waals surface area contributed by atoms with Crippen LogP contribution in [0.3, 0.4) is 0 Å². The molecule has 0 bridgehead atoms. The highest BCUT2D eigenvalue weighted by atomic mass is 16.6. The van der Waals surface area contributed by atoms with Gasteiger partial charge >= 0.3 is 5.97 Å². The first-order chi connectivity index (χ1) is 11.7. The number of carbonyl (C=O) groups is 1. The molecule has 0 saturated heterocycles. The van der Waals surface area contributed by atoms with Crippen molar-refractivity contribution in [2.24, 2.45) is 5.92 Å². The fraction of sp³-hybridized carbons (Fsp3) is 0.550. The third kappa shape index (κ3) is 9.27. The summed E-state index contributed by atoms with van der Waals surface area (Å²) < 4.78 is 15.9. The SMILES string of the molecule is COc1ccc(COCC(C)C(O)C/C=C/C(=O)OC(C)(C)C)cc1. The Balaban J connectivity index is 2.29. The van der Waals surface area contributed by atoms with Crippen molar-refractivity contribution in [1.82, 2.24) is 0 Å². The van der Waals surface area contributed by atoms with Gasteiger partial charge in [-0.25, -0.2) is 4.79 Å². The first-order valence-electron chi connectivity index (χ1n) is 8.49. The molecule has 0 aliphatic rings. The molecule has 0 aromatic heterocycles. The highest BCUT2D eigenvalue weighted by Gasteiger charge is 2.15. The molecule has 140 valence electrons. The highest BCUT2D eigenvalue weighted by Crippen LogP contribution is 2.14. The first-order valence-corrected chi connectivity index (χ1v) is 8.49. The second-order valence-corrected chi connectivity index (χ2v) is 7.08. The smallest absolute Gasteiger partial charge is 0.330 e. The molecule has 0 radical (unpaired) electrons. The Morgan fingerprint density at radius 1 is 1.24 bits per heavy atom. The van der Waals surface area contributed by atoms with E-state index in [1.54, 1.807) is 13.2 Å². The Bertz CT molecular complexity index is 542. The third-order valence-corrected chi connectivity index (χ3v) is 3.50. The summed E-state index contributed by atoms with van der Waals surface area (Å²) in [6.07, 6.45) is 2.80. The largest absolute Gasteiger partial charge is 0.497 e. The number of rotatable bonds is 9. The number of carbonyl (C=O) groups excluding carboxylic acids is 1. The molecule has 0 aliphatic heterocycles. The molecule has 0 amide bonds. The number of hydrogen-bond donors (Lipinski definition) is 1. The summed E-state index contributed by atoms with van der Waals surface area (Å²) in [7, 11) is 1.63. The van der Waals surface area contributed by atoms with E-state index in [0.29, 0.717) is 19.6 Å². The molecule has 0 aliphatic carbocycles. The third-order valence-electron chi connectivity index (χ3n) is 3.50. The Labute approximate surface area is 150 Å². The lowest BCUT2D eigenvalue weighted by atomic mass is 10.0. The molecule has 2 unspecified atom stereocenters. The van der Waals surface area contributed by atoms with Crippen LogP contribution in [0.15, 0.2) is 36.4 Å². The maximum Gasteiger partial charge on any atom is 0.330 e. The van der Waals surface area contributed by atoms with Crippen LogP contribution < -0.4 is 4.74 Å². The molecule has 25 heavy (non-hydrogen) atoms. The van der Waals surface area contributed by atoms with E-state index in [1.807, 2.05) is 52.0 Å². The minimum Gasteiger partial charge on any atom is -0.497 e. The lowest BCUT2D eigenvalue weighted by Gasteiger charge is -2.19. The van der Waals surface area contributed by atoms with Gasteiger partial charge in [0.25, 0.3) is 0 Å². The van der Waals surface area contributed by atoms with Crippen molar-refractivity contribution < 1.29 is 24.1 Å². The zero-order valence-electron chi connectivity index (χ0n) is 15.8. The number of hydrogen-bond acceptors (Lipinski definition) is 5. The van der Waals surface area contributed by atoms with Crippen LogP contribution in [0.2, 0.25) is 0 Å². The summed E-state index contributed by atoms with van der Waals surface area (Å²) in [6.45, 7) is 8.28. The molecule has 0 spiro atoms. The molecule has 0 heterocycles. The van der Waals surface area contributed by atoms with Gasteiger partial charge in [0, 0.05) is 12.0 Å². The first kappa shape index (κ1) is 21.2. The molecule has 1 aromatic rings. The normalized spacial score (nSPS) is 14.3. The molecule has 1 rings (SSSR count). The summed E-state index contributed by atoms with van der Waals surface area (Å²) in [6, 6.07) is 7.67. The van der Waals surface area contributed by atoms with Gasteiger partial charge in [-0.2, -0.15) is 0 Å². The van der Waals surface area contributed by atoms with Crippen molar-refractivity contribution in [3.8, 4) is 5.75 Å². The second-order valence-electron chi connectivity index (χ2n) is 7.08. The zero-order chi connectivity index (χ0) is 18.9. The fourth-order valence-corrected chi connectivity index (χ4v) is 2.07. The molecule has 2 atom stereocenters. The van der Waals surface area contributed by atoms with Crippen LogP contribution in [0.25, 0.3) is 0 Å². The van der Waals surface area contributed by atoms with Crippen LogP contribution in [0.5, 0.6) is 5.75 Å². The Morgan fingerprint density at radius 3 is 2.44 bits per heavy atom. The van der Waals surface area contributed by atoms with Crippen molar-refractivity contribution in [3.63, 3.8) is 0 Å². The van der Waals surface area contributed by atoms with Gasteiger partial charge in [0.15, 0.2) is 0 Å². The maximum atomic E-state index is 11.6. The van der Waals surface area contributed by atoms with Crippen LogP contribution in [-0.4, -0.2) is 36.5 Å². The molecule has 1 aromatic carbocycles. The summed E-state index contributed by atoms with van der Waals surface area (Å²) in [5.41, 5.74) is 0.537. The predicted molar refractivity (Wildman–Crippen MR) is 97.4 cm³/mol. The van der Waals surface area contributed by atoms with Crippen molar-refractivity contribution in [3.05, 3.63) is 42.0 Å². The fourth-order valence-electron chi connectivity index (χ4n) is 2.07. The molecular formula is C20H30O5. The molecule has 1 N–H and O–H groups in total. The summed E-state index contributed by atoms with van der Waals surface area (Å²) >= 11 is 0. The average molecular weight is 350 g/mol. The standard InChI is InChI=1S/C20H30O5/c1-15(13-24-14-16-9-11-17(23-5)12-10-16)18(21)7-6-8-19(22)25-20(2,3)4/h6,8-12,15,18,21H,7,13-14H2,1-5H3/b8-6+. The van der Waals surface area contributed by atoms with Crippen LogP contribution in [0.4, 0.5) is 0 Å². The predicted octanol–water partition coefficient (Wildman–Crippen LogP) is 3.50. The summed E-state index contributed by atoms with van der Waals surface area (Å²) in [5.74, 6) is 0.369. The minimum atomic E-state index is -0.574. The van der Waals surface area contributed by atoms with E-state index < -0.39 is 17.7 Å². The van der Waals surface area contributed by atoms with Gasteiger partial charge in [-0.15, -0.1) is 0 Å². The lowest BCUT2D eigenvalue weighted by Crippen LogP contribution is -2.23. The van der Waals surface area contributed by atoms with Crippen LogP contribution in [-0.2, 0) is 20.9 Å². The van der Waals surface area contributed by atoms with Gasteiger partial charge in [0.1, 0.15) is 11.4 Å². The number of aliphatic hydroxyl groups excluding tert-OH is 1. The van der Waals surface area contributed by atoms with Crippen molar-refractivity contribution in [1.29, 1.82) is 0 Å². The zero-order valence-corrected chi connectivity index (χ0v) is 15.8. The number of ether oxygens (including phenoxy) is 3. The summed E-state index contributed by atoms with van der Waals surface area (Å²) in [4.78, 5) is 11.6. The number of methoxy groups -OCH3 is 1. The maximum absolute atomic E-state index is 11.6. The van der Waals surface area contributed by atoms with Gasteiger partial charge in [0.2, 0.25) is 0 Å². The van der Waals surface area contributed by atoms with Gasteiger partial charge in [-0.05, 0) is 44.9 Å². The van der Waals surface area contributed by atoms with E-state index in [9.17, 15) is 9.90 Å². The number of benzene rings is 1. The highest BCUT2D eigenvalue weighted by molar-refractivity contribution is 5.82. The quantitative estimate of drug-likeness (QED) is 0.545. The number of esters is 1. The van der Waals surface area contributed by atoms with E-state index in [0.717, 1.165) is 11.3 Å². The van der Waals surface area contributed by atoms with Crippen molar-refractivity contribution >= 4 is 5.97 Å². The van der Waals surface area contributed by atoms with Crippen molar-refractivity contribution in [2.75, 3.05) is 13.7 Å². The van der Waals surface area contributed by atoms with Gasteiger partial charge in [-0.3, -0.25) is 0 Å². The van der Waals surface area contributed by atoms with Gasteiger partial charge in [-0.1, -0.05) is 25.1 Å². The Morgan fingerprint density at radius 2 is 1.88 bits per heavy atom. The Kier molecular flexibility index (Phi) is 8.66. The monoisotopic (exact) mass is 350 g/mol. The van der Waals surface area contributed by atoms with Crippen molar-refractivity contribution in [2.45, 2.75) is 52.4 Å². The van der Waals surface area contributed by atoms with Crippen LogP contribution >= 0.6 is 0 Å². The molecule has 5 heteroatoms. The number of aliphatic hydroxyl groups is 1. The van der Waals surface area contributed by atoms with Crippen LogP contribution in [0.1, 0.15) is 39.7 Å². The topological polar surface area (TPSA) is 65.0 Å². The van der Waals surface area contributed by atoms with E-state index >= 15 is 0 Å². The van der Waals surface area contributed by atoms with E-state index in [2.05, 4.69) is 0 Å². The lowest BCUT2D eigenvalue weighted by molar-refractivity contribution is -0.148. The van der Waals surface area contributed by atoms with E-state index in [1.165, 1.54) is 6.08 Å². The minimum absolute atomic E-state index is 0.0402. The van der Waals surface area contributed by atoms with E-state index in [-0.39, 0.29) is 5.92 Å². The average Bonchev–Trinajstić information content (AvgIpc) is 2.53. The molecule has 0 fully saturated rings. The Hall–Kier alpha value is -1.85. The molecule has 0 saturated carbocycles. The molecule has 5 nitrogen and oxygen atoms in total. The van der Waals surface area contributed by atoms with Gasteiger partial charge < -0.3 is 19.3 Å². The van der Waals surface area contributed by atoms with Crippen LogP contribution in [0, 0.1) is 5.92 Å². The second kappa shape index (κ2) is 10.2. The summed E-state index contributed by atoms with van der Waals surface area (Å²) in [5, 5.41) is 10.1. The van der Waals surface area contributed by atoms with Gasteiger partial charge in [0.05, 0.1) is 26.4 Å². The molecular weight excluding hydrogens is 320 g/mol.